The van der Waals surface area contributed by atoms with Gasteiger partial charge in [0.05, 0.1) is 0 Å². The van der Waals surface area contributed by atoms with E-state index in [2.05, 4.69) is 22.3 Å². The van der Waals surface area contributed by atoms with Crippen molar-refractivity contribution in [1.82, 2.24) is 10.2 Å². The van der Waals surface area contributed by atoms with Gasteiger partial charge in [0.1, 0.15) is 6.04 Å². The molecule has 1 fully saturated rings. The quantitative estimate of drug-likeness (QED) is 0.873. The average Bonchev–Trinajstić information content (AvgIpc) is 2.60. The Hall–Kier alpha value is -2.04. The molecule has 0 bridgehead atoms. The van der Waals surface area contributed by atoms with Crippen LogP contribution < -0.4 is 10.2 Å². The van der Waals surface area contributed by atoms with E-state index in [1.54, 1.807) is 6.92 Å². The van der Waals surface area contributed by atoms with Gasteiger partial charge in [-0.2, -0.15) is 0 Å². The van der Waals surface area contributed by atoms with E-state index < -0.39 is 6.04 Å². The topological polar surface area (TPSA) is 52.7 Å². The molecule has 1 aliphatic heterocycles. The number of hydrogen-bond donors (Lipinski definition) is 1. The number of carbonyl (C=O) groups excluding carboxylic acids is 2. The van der Waals surface area contributed by atoms with Crippen molar-refractivity contribution < 1.29 is 9.59 Å². The number of unbranched alkanes of at least 4 members (excludes halogenated alkanes) is 1. The summed E-state index contributed by atoms with van der Waals surface area (Å²) in [6.07, 6.45) is 2.34. The molecule has 5 heteroatoms. The van der Waals surface area contributed by atoms with Crippen molar-refractivity contribution in [3.63, 3.8) is 0 Å². The summed E-state index contributed by atoms with van der Waals surface area (Å²) in [5.74, 6) is -0.0156. The summed E-state index contributed by atoms with van der Waals surface area (Å²) < 4.78 is 0. The summed E-state index contributed by atoms with van der Waals surface area (Å²) in [7, 11) is 0. The molecule has 0 saturated carbocycles. The molecule has 5 nitrogen and oxygen atoms in total. The van der Waals surface area contributed by atoms with Gasteiger partial charge in [0, 0.05) is 38.3 Å². The SMILES string of the molecule is CCCCC(=O)N[C@@H](C)C(=O)N1CCN(c2ccccc2)CC1. The molecule has 0 unspecified atom stereocenters. The lowest BCUT2D eigenvalue weighted by Crippen LogP contribution is -2.54. The summed E-state index contributed by atoms with van der Waals surface area (Å²) in [5.41, 5.74) is 1.19. The average molecular weight is 317 g/mol. The fourth-order valence-corrected chi connectivity index (χ4v) is 2.81. The molecule has 0 spiro atoms. The van der Waals surface area contributed by atoms with Crippen LogP contribution in [-0.2, 0) is 9.59 Å². The maximum atomic E-state index is 12.4. The van der Waals surface area contributed by atoms with Crippen molar-refractivity contribution >= 4 is 17.5 Å². The van der Waals surface area contributed by atoms with Crippen LogP contribution in [-0.4, -0.2) is 48.9 Å². The highest BCUT2D eigenvalue weighted by molar-refractivity contribution is 5.87. The fourth-order valence-electron chi connectivity index (χ4n) is 2.81. The van der Waals surface area contributed by atoms with Crippen LogP contribution in [0.4, 0.5) is 5.69 Å². The van der Waals surface area contributed by atoms with Crippen LogP contribution in [0.25, 0.3) is 0 Å². The van der Waals surface area contributed by atoms with E-state index in [0.29, 0.717) is 19.5 Å². The molecule has 0 radical (unpaired) electrons. The molecule has 2 rings (SSSR count). The van der Waals surface area contributed by atoms with Gasteiger partial charge in [-0.3, -0.25) is 9.59 Å². The highest BCUT2D eigenvalue weighted by Gasteiger charge is 2.25. The highest BCUT2D eigenvalue weighted by Crippen LogP contribution is 2.15. The molecule has 2 amide bonds. The molecular weight excluding hydrogens is 290 g/mol. The van der Waals surface area contributed by atoms with Gasteiger partial charge in [-0.1, -0.05) is 31.5 Å². The number of nitrogens with one attached hydrogen (secondary N) is 1. The number of amides is 2. The van der Waals surface area contributed by atoms with Crippen molar-refractivity contribution in [3.05, 3.63) is 30.3 Å². The summed E-state index contributed by atoms with van der Waals surface area (Å²) in [6, 6.07) is 9.80. The van der Waals surface area contributed by atoms with Gasteiger partial charge in [0.2, 0.25) is 11.8 Å². The Kier molecular flexibility index (Phi) is 6.44. The van der Waals surface area contributed by atoms with E-state index in [9.17, 15) is 9.59 Å². The second kappa shape index (κ2) is 8.56. The van der Waals surface area contributed by atoms with Crippen LogP contribution >= 0.6 is 0 Å². The zero-order valence-corrected chi connectivity index (χ0v) is 14.1. The van der Waals surface area contributed by atoms with Gasteiger partial charge in [0.15, 0.2) is 0 Å². The van der Waals surface area contributed by atoms with Gasteiger partial charge in [-0.05, 0) is 25.5 Å². The third-order valence-electron chi connectivity index (χ3n) is 4.22. The Morgan fingerprint density at radius 3 is 2.39 bits per heavy atom. The van der Waals surface area contributed by atoms with E-state index >= 15 is 0 Å². The minimum absolute atomic E-state index is 0.0163. The third-order valence-corrected chi connectivity index (χ3v) is 4.22. The predicted octanol–water partition coefficient (Wildman–Crippen LogP) is 2.03. The van der Waals surface area contributed by atoms with Crippen molar-refractivity contribution in [1.29, 1.82) is 0 Å². The van der Waals surface area contributed by atoms with E-state index in [-0.39, 0.29) is 11.8 Å². The molecule has 1 heterocycles. The number of carbonyl (C=O) groups is 2. The first-order chi connectivity index (χ1) is 11.1. The molecular formula is C18H27N3O2. The maximum absolute atomic E-state index is 12.4. The maximum Gasteiger partial charge on any atom is 0.244 e. The molecule has 1 aromatic carbocycles. The Balaban J connectivity index is 1.80. The lowest BCUT2D eigenvalue weighted by Gasteiger charge is -2.37. The van der Waals surface area contributed by atoms with Crippen molar-refractivity contribution in [2.75, 3.05) is 31.1 Å². The van der Waals surface area contributed by atoms with Crippen LogP contribution in [0.15, 0.2) is 30.3 Å². The minimum Gasteiger partial charge on any atom is -0.368 e. The monoisotopic (exact) mass is 317 g/mol. The van der Waals surface area contributed by atoms with Gasteiger partial charge in [-0.15, -0.1) is 0 Å². The summed E-state index contributed by atoms with van der Waals surface area (Å²) >= 11 is 0. The molecule has 1 atom stereocenters. The number of piperazine rings is 1. The van der Waals surface area contributed by atoms with Crippen molar-refractivity contribution in [2.24, 2.45) is 0 Å². The van der Waals surface area contributed by atoms with Crippen LogP contribution in [0.1, 0.15) is 33.1 Å². The normalized spacial score (nSPS) is 16.1. The Morgan fingerprint density at radius 1 is 1.13 bits per heavy atom. The molecule has 1 N–H and O–H groups in total. The first kappa shape index (κ1) is 17.3. The minimum atomic E-state index is -0.442. The van der Waals surface area contributed by atoms with E-state index in [4.69, 9.17) is 0 Å². The second-order valence-electron chi connectivity index (χ2n) is 6.04. The summed E-state index contributed by atoms with van der Waals surface area (Å²) in [6.45, 7) is 6.87. The number of para-hydroxylation sites is 1. The molecule has 0 aliphatic carbocycles. The van der Waals surface area contributed by atoms with Gasteiger partial charge >= 0.3 is 0 Å². The molecule has 126 valence electrons. The van der Waals surface area contributed by atoms with Crippen LogP contribution in [0.5, 0.6) is 0 Å². The smallest absolute Gasteiger partial charge is 0.244 e. The third kappa shape index (κ3) is 4.98. The van der Waals surface area contributed by atoms with E-state index in [1.807, 2.05) is 30.0 Å². The standard InChI is InChI=1S/C18H27N3O2/c1-3-4-10-17(22)19-15(2)18(23)21-13-11-20(12-14-21)16-8-6-5-7-9-16/h5-9,15H,3-4,10-14H2,1-2H3,(H,19,22)/t15-/m0/s1. The van der Waals surface area contributed by atoms with Gasteiger partial charge in [0.25, 0.3) is 0 Å². The highest BCUT2D eigenvalue weighted by atomic mass is 16.2. The number of rotatable bonds is 6. The second-order valence-corrected chi connectivity index (χ2v) is 6.04. The molecule has 23 heavy (non-hydrogen) atoms. The zero-order chi connectivity index (χ0) is 16.7. The number of nitrogens with zero attached hydrogens (tertiary/aromatic N) is 2. The van der Waals surface area contributed by atoms with E-state index in [0.717, 1.165) is 25.9 Å². The fraction of sp³-hybridized carbons (Fsp3) is 0.556. The number of benzene rings is 1. The van der Waals surface area contributed by atoms with Crippen LogP contribution in [0.3, 0.4) is 0 Å². The Bertz CT molecular complexity index is 510. The van der Waals surface area contributed by atoms with Crippen LogP contribution in [0, 0.1) is 0 Å². The first-order valence-electron chi connectivity index (χ1n) is 8.50. The van der Waals surface area contributed by atoms with Crippen LogP contribution in [0.2, 0.25) is 0 Å². The molecule has 1 aromatic rings. The number of anilines is 1. The summed E-state index contributed by atoms with van der Waals surface area (Å²) in [5, 5.41) is 2.81. The molecule has 1 saturated heterocycles. The van der Waals surface area contributed by atoms with E-state index in [1.165, 1.54) is 5.69 Å². The first-order valence-corrected chi connectivity index (χ1v) is 8.50. The number of hydrogen-bond acceptors (Lipinski definition) is 3. The van der Waals surface area contributed by atoms with Gasteiger partial charge in [-0.25, -0.2) is 0 Å². The van der Waals surface area contributed by atoms with Crippen molar-refractivity contribution in [2.45, 2.75) is 39.2 Å². The predicted molar refractivity (Wildman–Crippen MR) is 92.4 cm³/mol. The Labute approximate surface area is 138 Å². The Morgan fingerprint density at radius 2 is 1.78 bits per heavy atom. The zero-order valence-electron chi connectivity index (χ0n) is 14.1. The lowest BCUT2D eigenvalue weighted by atomic mass is 10.2. The van der Waals surface area contributed by atoms with Gasteiger partial charge < -0.3 is 15.1 Å². The molecule has 0 aromatic heterocycles. The largest absolute Gasteiger partial charge is 0.368 e. The summed E-state index contributed by atoms with van der Waals surface area (Å²) in [4.78, 5) is 28.3. The lowest BCUT2D eigenvalue weighted by molar-refractivity contribution is -0.136. The van der Waals surface area contributed by atoms with Crippen molar-refractivity contribution in [3.8, 4) is 0 Å². The molecule has 1 aliphatic rings.